The van der Waals surface area contributed by atoms with Gasteiger partial charge in [0.1, 0.15) is 0 Å². The Labute approximate surface area is 95.8 Å². The first kappa shape index (κ1) is 11.1. The average molecular weight is 219 g/mol. The number of carbonyl (C=O) groups is 1. The molecule has 1 aliphatic rings. The van der Waals surface area contributed by atoms with Gasteiger partial charge < -0.3 is 10.1 Å². The molecule has 0 bridgehead atoms. The Morgan fingerprint density at radius 2 is 2.31 bits per heavy atom. The van der Waals surface area contributed by atoms with Crippen LogP contribution in [0.2, 0.25) is 0 Å². The molecule has 1 aliphatic heterocycles. The van der Waals surface area contributed by atoms with Crippen LogP contribution < -0.4 is 5.32 Å². The Balaban J connectivity index is 2.06. The Morgan fingerprint density at radius 3 is 3.06 bits per heavy atom. The first-order chi connectivity index (χ1) is 7.69. The number of benzene rings is 1. The molecule has 2 rings (SSSR count). The first-order valence-corrected chi connectivity index (χ1v) is 5.57. The quantitative estimate of drug-likeness (QED) is 0.767. The highest BCUT2D eigenvalue weighted by atomic mass is 16.5. The topological polar surface area (TPSA) is 38.3 Å². The third kappa shape index (κ3) is 2.42. The number of fused-ring (bicyclic) bond motifs is 1. The number of hydrogen-bond acceptors (Lipinski definition) is 3. The molecule has 0 aromatic heterocycles. The van der Waals surface area contributed by atoms with Gasteiger partial charge in [-0.3, -0.25) is 4.79 Å². The Bertz CT molecular complexity index is 401. The van der Waals surface area contributed by atoms with Gasteiger partial charge in [-0.25, -0.2) is 0 Å². The van der Waals surface area contributed by atoms with Gasteiger partial charge in [-0.1, -0.05) is 23.8 Å². The summed E-state index contributed by atoms with van der Waals surface area (Å²) in [7, 11) is 1.43. The maximum absolute atomic E-state index is 11.2. The largest absolute Gasteiger partial charge is 0.469 e. The highest BCUT2D eigenvalue weighted by Gasteiger charge is 2.20. The van der Waals surface area contributed by atoms with Crippen molar-refractivity contribution in [2.75, 3.05) is 7.11 Å². The number of esters is 1. The molecular weight excluding hydrogens is 202 g/mol. The van der Waals surface area contributed by atoms with Crippen LogP contribution in [0.4, 0.5) is 0 Å². The molecular formula is C13H17NO2. The normalized spacial score (nSPS) is 19.0. The molecule has 1 aromatic carbocycles. The number of ether oxygens (including phenoxy) is 1. The van der Waals surface area contributed by atoms with E-state index in [1.165, 1.54) is 23.8 Å². The Kier molecular flexibility index (Phi) is 3.25. The van der Waals surface area contributed by atoms with Crippen molar-refractivity contribution in [1.29, 1.82) is 0 Å². The molecule has 0 amide bonds. The zero-order valence-corrected chi connectivity index (χ0v) is 9.75. The van der Waals surface area contributed by atoms with Crippen LogP contribution in [0.1, 0.15) is 23.1 Å². The lowest BCUT2D eigenvalue weighted by Crippen LogP contribution is -2.37. The van der Waals surface area contributed by atoms with Crippen molar-refractivity contribution in [1.82, 2.24) is 5.32 Å². The number of aryl methyl sites for hydroxylation is 1. The summed E-state index contributed by atoms with van der Waals surface area (Å²) >= 11 is 0. The van der Waals surface area contributed by atoms with Crippen LogP contribution in [0.3, 0.4) is 0 Å². The molecule has 3 nitrogen and oxygen atoms in total. The van der Waals surface area contributed by atoms with Crippen molar-refractivity contribution in [2.24, 2.45) is 0 Å². The van der Waals surface area contributed by atoms with Gasteiger partial charge in [-0.05, 0) is 24.5 Å². The minimum absolute atomic E-state index is 0.145. The molecule has 3 heteroatoms. The molecule has 1 aromatic rings. The molecule has 0 fully saturated rings. The van der Waals surface area contributed by atoms with Crippen LogP contribution in [-0.2, 0) is 22.5 Å². The lowest BCUT2D eigenvalue weighted by molar-refractivity contribution is -0.141. The van der Waals surface area contributed by atoms with E-state index in [9.17, 15) is 4.79 Å². The molecule has 86 valence electrons. The summed E-state index contributed by atoms with van der Waals surface area (Å²) in [6, 6.07) is 6.70. The minimum Gasteiger partial charge on any atom is -0.469 e. The maximum atomic E-state index is 11.2. The molecule has 1 N–H and O–H groups in total. The fourth-order valence-corrected chi connectivity index (χ4v) is 2.14. The molecule has 1 heterocycles. The molecule has 0 saturated carbocycles. The summed E-state index contributed by atoms with van der Waals surface area (Å²) in [4.78, 5) is 11.2. The highest BCUT2D eigenvalue weighted by Crippen LogP contribution is 2.19. The molecule has 16 heavy (non-hydrogen) atoms. The van der Waals surface area contributed by atoms with E-state index in [-0.39, 0.29) is 12.0 Å². The number of carbonyl (C=O) groups excluding carboxylic acids is 1. The van der Waals surface area contributed by atoms with E-state index in [1.807, 2.05) is 0 Å². The van der Waals surface area contributed by atoms with Gasteiger partial charge in [-0.15, -0.1) is 0 Å². The van der Waals surface area contributed by atoms with Crippen molar-refractivity contribution in [3.63, 3.8) is 0 Å². The molecule has 1 unspecified atom stereocenters. The molecule has 1 atom stereocenters. The van der Waals surface area contributed by atoms with Crippen LogP contribution in [-0.4, -0.2) is 19.1 Å². The zero-order chi connectivity index (χ0) is 11.5. The summed E-state index contributed by atoms with van der Waals surface area (Å²) in [6.45, 7) is 2.94. The van der Waals surface area contributed by atoms with E-state index < -0.39 is 0 Å². The molecule has 0 saturated heterocycles. The Morgan fingerprint density at radius 1 is 1.50 bits per heavy atom. The number of nitrogens with one attached hydrogen (secondary N) is 1. The van der Waals surface area contributed by atoms with E-state index in [4.69, 9.17) is 0 Å². The molecule has 0 spiro atoms. The predicted octanol–water partition coefficient (Wildman–Crippen LogP) is 1.57. The maximum Gasteiger partial charge on any atom is 0.307 e. The second kappa shape index (κ2) is 4.66. The van der Waals surface area contributed by atoms with Gasteiger partial charge in [0.2, 0.25) is 0 Å². The van der Waals surface area contributed by atoms with Crippen LogP contribution in [0.5, 0.6) is 0 Å². The molecule has 0 radical (unpaired) electrons. The van der Waals surface area contributed by atoms with E-state index >= 15 is 0 Å². The first-order valence-electron chi connectivity index (χ1n) is 5.57. The third-order valence-corrected chi connectivity index (χ3v) is 3.05. The fourth-order valence-electron chi connectivity index (χ4n) is 2.14. The van der Waals surface area contributed by atoms with Gasteiger partial charge >= 0.3 is 5.97 Å². The van der Waals surface area contributed by atoms with Crippen molar-refractivity contribution in [2.45, 2.75) is 32.4 Å². The van der Waals surface area contributed by atoms with Gasteiger partial charge in [0.05, 0.1) is 13.5 Å². The average Bonchev–Trinajstić information content (AvgIpc) is 2.29. The van der Waals surface area contributed by atoms with Crippen LogP contribution in [0.15, 0.2) is 18.2 Å². The van der Waals surface area contributed by atoms with Crippen molar-refractivity contribution < 1.29 is 9.53 Å². The smallest absolute Gasteiger partial charge is 0.307 e. The number of rotatable bonds is 2. The summed E-state index contributed by atoms with van der Waals surface area (Å²) in [5.41, 5.74) is 3.98. The van der Waals surface area contributed by atoms with Crippen molar-refractivity contribution >= 4 is 5.97 Å². The number of hydrogen-bond donors (Lipinski definition) is 1. The number of methoxy groups -OCH3 is 1. The van der Waals surface area contributed by atoms with E-state index in [0.717, 1.165) is 13.0 Å². The van der Waals surface area contributed by atoms with Crippen LogP contribution >= 0.6 is 0 Å². The van der Waals surface area contributed by atoms with Gasteiger partial charge in [0.15, 0.2) is 0 Å². The lowest BCUT2D eigenvalue weighted by atomic mass is 9.93. The van der Waals surface area contributed by atoms with Gasteiger partial charge in [-0.2, -0.15) is 0 Å². The third-order valence-electron chi connectivity index (χ3n) is 3.05. The SMILES string of the molecule is COC(=O)CC1Cc2ccc(C)cc2CN1. The summed E-state index contributed by atoms with van der Waals surface area (Å²) in [5, 5.41) is 3.37. The predicted molar refractivity (Wildman–Crippen MR) is 62.1 cm³/mol. The van der Waals surface area contributed by atoms with E-state index in [2.05, 4.69) is 35.2 Å². The Hall–Kier alpha value is -1.35. The highest BCUT2D eigenvalue weighted by molar-refractivity contribution is 5.70. The van der Waals surface area contributed by atoms with Crippen LogP contribution in [0.25, 0.3) is 0 Å². The summed E-state index contributed by atoms with van der Waals surface area (Å²) in [6.07, 6.45) is 1.36. The summed E-state index contributed by atoms with van der Waals surface area (Å²) < 4.78 is 4.68. The second-order valence-electron chi connectivity index (χ2n) is 4.33. The minimum atomic E-state index is -0.145. The standard InChI is InChI=1S/C13H17NO2/c1-9-3-4-10-6-12(7-13(15)16-2)14-8-11(10)5-9/h3-5,12,14H,6-8H2,1-2H3. The van der Waals surface area contributed by atoms with Crippen molar-refractivity contribution in [3.8, 4) is 0 Å². The van der Waals surface area contributed by atoms with Gasteiger partial charge in [0, 0.05) is 12.6 Å². The lowest BCUT2D eigenvalue weighted by Gasteiger charge is -2.25. The van der Waals surface area contributed by atoms with Crippen molar-refractivity contribution in [3.05, 3.63) is 34.9 Å². The van der Waals surface area contributed by atoms with Crippen LogP contribution in [0, 0.1) is 6.92 Å². The van der Waals surface area contributed by atoms with E-state index in [1.54, 1.807) is 0 Å². The zero-order valence-electron chi connectivity index (χ0n) is 9.75. The monoisotopic (exact) mass is 219 g/mol. The molecule has 0 aliphatic carbocycles. The van der Waals surface area contributed by atoms with E-state index in [0.29, 0.717) is 6.42 Å². The summed E-state index contributed by atoms with van der Waals surface area (Å²) in [5.74, 6) is -0.145. The van der Waals surface area contributed by atoms with Gasteiger partial charge in [0.25, 0.3) is 0 Å². The second-order valence-corrected chi connectivity index (χ2v) is 4.33. The fraction of sp³-hybridized carbons (Fsp3) is 0.462.